The number of hydrogen-bond donors (Lipinski definition) is 1. The molecule has 1 fully saturated rings. The highest BCUT2D eigenvalue weighted by Gasteiger charge is 2.41. The molecule has 0 bridgehead atoms. The third-order valence-electron chi connectivity index (χ3n) is 5.11. The van der Waals surface area contributed by atoms with Crippen molar-refractivity contribution >= 4 is 22.6 Å². The van der Waals surface area contributed by atoms with E-state index in [0.29, 0.717) is 13.0 Å². The monoisotopic (exact) mass is 357 g/mol. The van der Waals surface area contributed by atoms with Crippen LogP contribution in [0.1, 0.15) is 24.8 Å². The molecule has 6 nitrogen and oxygen atoms in total. The fourth-order valence-electron chi connectivity index (χ4n) is 3.48. The Labute approximate surface area is 152 Å². The summed E-state index contributed by atoms with van der Waals surface area (Å²) in [5.74, 6) is -0.833. The van der Waals surface area contributed by atoms with Gasteiger partial charge in [-0.3, -0.25) is 4.79 Å². The second-order valence-corrected chi connectivity index (χ2v) is 6.63. The molecule has 1 amide bonds. The molecule has 1 aliphatic heterocycles. The number of ether oxygens (including phenoxy) is 2. The van der Waals surface area contributed by atoms with Gasteiger partial charge in [-0.2, -0.15) is 0 Å². The highest BCUT2D eigenvalue weighted by molar-refractivity contribution is 5.91. The summed E-state index contributed by atoms with van der Waals surface area (Å²) in [6.45, 7) is 2.12. The van der Waals surface area contributed by atoms with Crippen molar-refractivity contribution in [3.63, 3.8) is 0 Å². The zero-order valence-electron chi connectivity index (χ0n) is 15.1. The van der Waals surface area contributed by atoms with Gasteiger partial charge in [-0.05, 0) is 35.4 Å². The van der Waals surface area contributed by atoms with E-state index in [1.165, 1.54) is 4.90 Å². The standard InChI is InChI=1S/C20H23NO5/c1-12(19(22)21-11-17(26-3)10-18(21)20(23)24)13-4-5-15-9-16(25-2)7-6-14(15)8-13/h4-9,12,17-18H,10-11H2,1-3H3,(H,23,24)/t12-,17?,18?/m0/s1. The lowest BCUT2D eigenvalue weighted by atomic mass is 9.96. The number of aliphatic carboxylic acids is 1. The van der Waals surface area contributed by atoms with Crippen molar-refractivity contribution in [2.45, 2.75) is 31.4 Å². The molecule has 3 rings (SSSR count). The number of amides is 1. The van der Waals surface area contributed by atoms with E-state index in [1.54, 1.807) is 14.2 Å². The van der Waals surface area contributed by atoms with E-state index in [-0.39, 0.29) is 12.0 Å². The van der Waals surface area contributed by atoms with Crippen LogP contribution in [0.4, 0.5) is 0 Å². The molecule has 26 heavy (non-hydrogen) atoms. The van der Waals surface area contributed by atoms with Crippen molar-refractivity contribution in [2.24, 2.45) is 0 Å². The first-order valence-electron chi connectivity index (χ1n) is 8.58. The molecule has 1 aliphatic rings. The van der Waals surface area contributed by atoms with Crippen molar-refractivity contribution in [1.29, 1.82) is 0 Å². The molecule has 1 heterocycles. The molecule has 6 heteroatoms. The third kappa shape index (κ3) is 3.37. The molecule has 0 aromatic heterocycles. The van der Waals surface area contributed by atoms with Crippen LogP contribution in [-0.2, 0) is 14.3 Å². The van der Waals surface area contributed by atoms with Crippen LogP contribution in [-0.4, -0.2) is 54.8 Å². The smallest absolute Gasteiger partial charge is 0.326 e. The van der Waals surface area contributed by atoms with Crippen LogP contribution >= 0.6 is 0 Å². The van der Waals surface area contributed by atoms with Crippen molar-refractivity contribution < 1.29 is 24.2 Å². The van der Waals surface area contributed by atoms with Gasteiger partial charge in [0.1, 0.15) is 11.8 Å². The van der Waals surface area contributed by atoms with Gasteiger partial charge >= 0.3 is 5.97 Å². The SMILES string of the molecule is COc1ccc2cc([C@H](C)C(=O)N3CC(OC)CC3C(=O)O)ccc2c1. The Morgan fingerprint density at radius 2 is 1.85 bits per heavy atom. The molecule has 1 N–H and O–H groups in total. The third-order valence-corrected chi connectivity index (χ3v) is 5.11. The molecular formula is C20H23NO5. The first-order chi connectivity index (χ1) is 12.4. The van der Waals surface area contributed by atoms with Crippen LogP contribution in [0.5, 0.6) is 5.75 Å². The van der Waals surface area contributed by atoms with Gasteiger partial charge in [0.15, 0.2) is 0 Å². The average molecular weight is 357 g/mol. The lowest BCUT2D eigenvalue weighted by molar-refractivity contribution is -0.148. The second-order valence-electron chi connectivity index (χ2n) is 6.63. The van der Waals surface area contributed by atoms with E-state index in [2.05, 4.69) is 0 Å². The predicted octanol–water partition coefficient (Wildman–Crippen LogP) is 2.65. The average Bonchev–Trinajstić information content (AvgIpc) is 3.10. The number of carbonyl (C=O) groups is 2. The first-order valence-corrected chi connectivity index (χ1v) is 8.58. The highest BCUT2D eigenvalue weighted by atomic mass is 16.5. The van der Waals surface area contributed by atoms with Crippen LogP contribution in [0.2, 0.25) is 0 Å². The summed E-state index contributed by atoms with van der Waals surface area (Å²) in [6.07, 6.45) is 0.0817. The van der Waals surface area contributed by atoms with Crippen molar-refractivity contribution in [3.05, 3.63) is 42.0 Å². The Bertz CT molecular complexity index is 834. The zero-order valence-corrected chi connectivity index (χ0v) is 15.1. The molecule has 0 aliphatic carbocycles. The Hall–Kier alpha value is -2.60. The molecule has 3 atom stereocenters. The number of carboxylic acids is 1. The normalized spacial score (nSPS) is 21.0. The number of hydrogen-bond acceptors (Lipinski definition) is 4. The first kappa shape index (κ1) is 18.2. The van der Waals surface area contributed by atoms with Gasteiger partial charge < -0.3 is 19.5 Å². The van der Waals surface area contributed by atoms with Gasteiger partial charge in [0.25, 0.3) is 0 Å². The maximum absolute atomic E-state index is 12.9. The van der Waals surface area contributed by atoms with E-state index in [0.717, 1.165) is 22.1 Å². The molecule has 2 aromatic rings. The van der Waals surface area contributed by atoms with Crippen molar-refractivity contribution in [1.82, 2.24) is 4.90 Å². The number of likely N-dealkylation sites (tertiary alicyclic amines) is 1. The summed E-state index contributed by atoms with van der Waals surface area (Å²) >= 11 is 0. The maximum Gasteiger partial charge on any atom is 0.326 e. The minimum absolute atomic E-state index is 0.190. The van der Waals surface area contributed by atoms with Gasteiger partial charge in [0.2, 0.25) is 5.91 Å². The Morgan fingerprint density at radius 3 is 2.50 bits per heavy atom. The van der Waals surface area contributed by atoms with Crippen LogP contribution < -0.4 is 4.74 Å². The van der Waals surface area contributed by atoms with Gasteiger partial charge in [0.05, 0.1) is 19.1 Å². The number of methoxy groups -OCH3 is 2. The Kier molecular flexibility index (Phi) is 5.13. The lowest BCUT2D eigenvalue weighted by Gasteiger charge is -2.25. The number of nitrogens with zero attached hydrogens (tertiary/aromatic N) is 1. The largest absolute Gasteiger partial charge is 0.497 e. The summed E-state index contributed by atoms with van der Waals surface area (Å²) in [5, 5.41) is 11.5. The summed E-state index contributed by atoms with van der Waals surface area (Å²) in [4.78, 5) is 25.9. The minimum Gasteiger partial charge on any atom is -0.497 e. The molecule has 2 aromatic carbocycles. The number of rotatable bonds is 5. The molecule has 138 valence electrons. The van der Waals surface area contributed by atoms with Crippen molar-refractivity contribution in [3.8, 4) is 5.75 Å². The van der Waals surface area contributed by atoms with Crippen LogP contribution in [0, 0.1) is 0 Å². The number of benzene rings is 2. The van der Waals surface area contributed by atoms with Gasteiger partial charge in [0, 0.05) is 20.1 Å². The molecule has 1 saturated heterocycles. The molecule has 0 radical (unpaired) electrons. The van der Waals surface area contributed by atoms with Gasteiger partial charge in [-0.15, -0.1) is 0 Å². The summed E-state index contributed by atoms with van der Waals surface area (Å²) in [7, 11) is 3.16. The number of fused-ring (bicyclic) bond motifs is 1. The fourth-order valence-corrected chi connectivity index (χ4v) is 3.48. The van der Waals surface area contributed by atoms with Gasteiger partial charge in [-0.25, -0.2) is 4.79 Å². The van der Waals surface area contributed by atoms with Crippen molar-refractivity contribution in [2.75, 3.05) is 20.8 Å². The molecule has 0 saturated carbocycles. The predicted molar refractivity (Wildman–Crippen MR) is 97.5 cm³/mol. The highest BCUT2D eigenvalue weighted by Crippen LogP contribution is 2.29. The van der Waals surface area contributed by atoms with E-state index in [9.17, 15) is 14.7 Å². The second kappa shape index (κ2) is 7.33. The number of carbonyl (C=O) groups excluding carboxylic acids is 1. The minimum atomic E-state index is -0.990. The molecule has 0 spiro atoms. The van der Waals surface area contributed by atoms with Crippen LogP contribution in [0.15, 0.2) is 36.4 Å². The van der Waals surface area contributed by atoms with E-state index in [1.807, 2.05) is 43.3 Å². The van der Waals surface area contributed by atoms with Crippen LogP contribution in [0.25, 0.3) is 10.8 Å². The van der Waals surface area contributed by atoms with Gasteiger partial charge in [-0.1, -0.05) is 24.3 Å². The van der Waals surface area contributed by atoms with E-state index in [4.69, 9.17) is 9.47 Å². The maximum atomic E-state index is 12.9. The molecule has 2 unspecified atom stereocenters. The lowest BCUT2D eigenvalue weighted by Crippen LogP contribution is -2.42. The van der Waals surface area contributed by atoms with E-state index < -0.39 is 17.9 Å². The topological polar surface area (TPSA) is 76.1 Å². The zero-order chi connectivity index (χ0) is 18.8. The van der Waals surface area contributed by atoms with E-state index >= 15 is 0 Å². The Morgan fingerprint density at radius 1 is 1.15 bits per heavy atom. The summed E-state index contributed by atoms with van der Waals surface area (Å²) < 4.78 is 10.5. The summed E-state index contributed by atoms with van der Waals surface area (Å²) in [6, 6.07) is 10.8. The Balaban J connectivity index is 1.85. The summed E-state index contributed by atoms with van der Waals surface area (Å²) in [5.41, 5.74) is 0.859. The number of carboxylic acid groups (broad SMARTS) is 1. The molecular weight excluding hydrogens is 334 g/mol. The quantitative estimate of drug-likeness (QED) is 0.890. The fraction of sp³-hybridized carbons (Fsp3) is 0.400. The van der Waals surface area contributed by atoms with Crippen LogP contribution in [0.3, 0.4) is 0 Å².